The van der Waals surface area contributed by atoms with Crippen molar-refractivity contribution in [3.63, 3.8) is 0 Å². The molecule has 0 spiro atoms. The third-order valence-electron chi connectivity index (χ3n) is 5.09. The van der Waals surface area contributed by atoms with E-state index in [1.165, 1.54) is 57.4 Å². The van der Waals surface area contributed by atoms with Gasteiger partial charge in [-0.3, -0.25) is 10.3 Å². The van der Waals surface area contributed by atoms with E-state index >= 15 is 0 Å². The normalized spacial score (nSPS) is 11.1. The minimum Gasteiger partial charge on any atom is -0.490 e. The molecule has 0 aromatic heterocycles. The molecule has 194 valence electrons. The van der Waals surface area contributed by atoms with E-state index < -0.39 is 0 Å². The van der Waals surface area contributed by atoms with Crippen LogP contribution in [0.25, 0.3) is 0 Å². The number of hydrogen-bond acceptors (Lipinski definition) is 4. The number of nitrogens with one attached hydrogen (secondary N) is 1. The fraction of sp³-hybridized carbons (Fsp3) is 0.615. The number of hydroxylamine groups is 1. The first kappa shape index (κ1) is 31.3. The number of rotatable bonds is 21. The zero-order valence-corrected chi connectivity index (χ0v) is 23.3. The third kappa shape index (κ3) is 16.8. The van der Waals surface area contributed by atoms with Gasteiger partial charge in [0, 0.05) is 18.3 Å². The van der Waals surface area contributed by atoms with Crippen molar-refractivity contribution in [3.8, 4) is 11.5 Å². The molecule has 0 heterocycles. The van der Waals surface area contributed by atoms with Crippen LogP contribution in [0.1, 0.15) is 84.0 Å². The molecule has 0 unspecified atom stereocenters. The van der Waals surface area contributed by atoms with Crippen molar-refractivity contribution in [1.82, 2.24) is 5.48 Å². The molecule has 1 aromatic carbocycles. The molecule has 34 heavy (non-hydrogen) atoms. The summed E-state index contributed by atoms with van der Waals surface area (Å²) < 4.78 is 11.4. The lowest BCUT2D eigenvalue weighted by Crippen LogP contribution is -2.08. The summed E-state index contributed by atoms with van der Waals surface area (Å²) in [4.78, 5) is 5.43. The highest BCUT2D eigenvalue weighted by Gasteiger charge is 2.10. The Kier molecular flexibility index (Phi) is 19.8. The highest BCUT2D eigenvalue weighted by Crippen LogP contribution is 2.37. The van der Waals surface area contributed by atoms with Crippen molar-refractivity contribution < 1.29 is 14.3 Å². The molecule has 1 rings (SSSR count). The Hall–Kier alpha value is -0.780. The summed E-state index contributed by atoms with van der Waals surface area (Å²) in [5.41, 5.74) is 2.89. The molecule has 0 atom stereocenters. The Bertz CT molecular complexity index is 686. The predicted molar refractivity (Wildman–Crippen MR) is 147 cm³/mol. The molecular formula is C26H39Cl4NO3. The first-order valence-electron chi connectivity index (χ1n) is 12.3. The smallest absolute Gasteiger partial charge is 0.156 e. The summed E-state index contributed by atoms with van der Waals surface area (Å²) in [7, 11) is 0. The molecule has 0 aliphatic rings. The average Bonchev–Trinajstić information content (AvgIpc) is 2.79. The summed E-state index contributed by atoms with van der Waals surface area (Å²) in [5, 5.41) is 0.796. The first-order valence-corrected chi connectivity index (χ1v) is 13.8. The molecule has 0 fully saturated rings. The van der Waals surface area contributed by atoms with E-state index in [4.69, 9.17) is 60.7 Å². The maximum atomic E-state index is 6.27. The molecule has 1 aromatic rings. The summed E-state index contributed by atoms with van der Waals surface area (Å²) in [6.07, 6.45) is 20.2. The number of halogens is 4. The van der Waals surface area contributed by atoms with Crippen LogP contribution in [-0.4, -0.2) is 19.8 Å². The maximum absolute atomic E-state index is 6.27. The Labute approximate surface area is 225 Å². The van der Waals surface area contributed by atoms with Crippen molar-refractivity contribution >= 4 is 46.4 Å². The van der Waals surface area contributed by atoms with Crippen LogP contribution in [0, 0.1) is 0 Å². The van der Waals surface area contributed by atoms with E-state index in [2.05, 4.69) is 18.5 Å². The molecule has 0 aliphatic carbocycles. The zero-order chi connectivity index (χ0) is 24.9. The quantitative estimate of drug-likeness (QED) is 0.121. The average molecular weight is 555 g/mol. The molecule has 0 radical (unpaired) electrons. The summed E-state index contributed by atoms with van der Waals surface area (Å²) in [6.45, 7) is 3.65. The van der Waals surface area contributed by atoms with Gasteiger partial charge >= 0.3 is 0 Å². The summed E-state index contributed by atoms with van der Waals surface area (Å²) in [6, 6.07) is 3.31. The number of benzene rings is 1. The lowest BCUT2D eigenvalue weighted by Gasteiger charge is -2.12. The van der Waals surface area contributed by atoms with Crippen LogP contribution >= 0.6 is 46.4 Å². The molecular weight excluding hydrogens is 516 g/mol. The van der Waals surface area contributed by atoms with Gasteiger partial charge in [0.25, 0.3) is 0 Å². The minimum absolute atomic E-state index is 0.142. The molecule has 8 heteroatoms. The second kappa shape index (κ2) is 21.5. The highest BCUT2D eigenvalue weighted by atomic mass is 35.5. The molecule has 0 saturated heterocycles. The van der Waals surface area contributed by atoms with Crippen molar-refractivity contribution in [2.24, 2.45) is 0 Å². The van der Waals surface area contributed by atoms with E-state index in [9.17, 15) is 0 Å². The number of allylic oxidation sites excluding steroid dienone is 1. The standard InChI is InChI=1S/C26H39Cl4NO3/c1-2-3-4-5-6-7-8-9-10-12-16-31-34-18-14-11-13-17-33-26-23(27)20-22(21-24(26)28)32-19-15-25(29)30/h12,15-16,20-21,31H,2-11,13-14,17-19H2,1H3. The monoisotopic (exact) mass is 553 g/mol. The van der Waals surface area contributed by atoms with Gasteiger partial charge in [-0.05, 0) is 38.2 Å². The third-order valence-corrected chi connectivity index (χ3v) is 5.96. The first-order chi connectivity index (χ1) is 16.5. The van der Waals surface area contributed by atoms with Crippen molar-refractivity contribution in [1.29, 1.82) is 0 Å². The van der Waals surface area contributed by atoms with Gasteiger partial charge < -0.3 is 9.47 Å². The van der Waals surface area contributed by atoms with Crippen LogP contribution in [0.4, 0.5) is 0 Å². The van der Waals surface area contributed by atoms with Crippen LogP contribution in [-0.2, 0) is 4.84 Å². The maximum Gasteiger partial charge on any atom is 0.156 e. The van der Waals surface area contributed by atoms with Crippen molar-refractivity contribution in [2.45, 2.75) is 84.0 Å². The fourth-order valence-corrected chi connectivity index (χ4v) is 3.92. The van der Waals surface area contributed by atoms with Gasteiger partial charge in [-0.1, -0.05) is 104 Å². The van der Waals surface area contributed by atoms with Crippen LogP contribution in [0.3, 0.4) is 0 Å². The van der Waals surface area contributed by atoms with E-state index in [0.29, 0.717) is 34.8 Å². The lowest BCUT2D eigenvalue weighted by molar-refractivity contribution is 0.0674. The van der Waals surface area contributed by atoms with Crippen molar-refractivity contribution in [2.75, 3.05) is 19.8 Å². The molecule has 1 N–H and O–H groups in total. The van der Waals surface area contributed by atoms with E-state index in [0.717, 1.165) is 25.7 Å². The minimum atomic E-state index is 0.142. The fourth-order valence-electron chi connectivity index (χ4n) is 3.22. The second-order valence-electron chi connectivity index (χ2n) is 8.06. The van der Waals surface area contributed by atoms with E-state index in [1.807, 2.05) is 6.20 Å². The summed E-state index contributed by atoms with van der Waals surface area (Å²) in [5.74, 6) is 0.978. The van der Waals surface area contributed by atoms with Gasteiger partial charge in [0.2, 0.25) is 0 Å². The van der Waals surface area contributed by atoms with Gasteiger partial charge in [-0.25, -0.2) is 0 Å². The van der Waals surface area contributed by atoms with E-state index in [1.54, 1.807) is 12.1 Å². The molecule has 4 nitrogen and oxygen atoms in total. The molecule has 0 amide bonds. The Balaban J connectivity index is 2.01. The molecule has 0 aliphatic heterocycles. The molecule has 0 bridgehead atoms. The summed E-state index contributed by atoms with van der Waals surface area (Å²) >= 11 is 23.6. The second-order valence-corrected chi connectivity index (χ2v) is 9.88. The van der Waals surface area contributed by atoms with Gasteiger partial charge in [-0.2, -0.15) is 0 Å². The molecule has 0 saturated carbocycles. The van der Waals surface area contributed by atoms with Crippen molar-refractivity contribution in [3.05, 3.63) is 45.0 Å². The van der Waals surface area contributed by atoms with Crippen LogP contribution in [0.5, 0.6) is 11.5 Å². The number of unbranched alkanes of at least 4 members (excludes halogenated alkanes) is 10. The van der Waals surface area contributed by atoms with Crippen LogP contribution in [0.2, 0.25) is 10.0 Å². The number of hydrogen-bond donors (Lipinski definition) is 1. The SMILES string of the molecule is CCCCCCCCCCC=CNOCCCCCOc1c(Cl)cc(OCC=C(Cl)Cl)cc1Cl. The van der Waals surface area contributed by atoms with Crippen LogP contribution in [0.15, 0.2) is 35.0 Å². The van der Waals surface area contributed by atoms with E-state index in [-0.39, 0.29) is 11.1 Å². The Morgan fingerprint density at radius 2 is 1.44 bits per heavy atom. The van der Waals surface area contributed by atoms with Crippen LogP contribution < -0.4 is 15.0 Å². The van der Waals surface area contributed by atoms with Gasteiger partial charge in [-0.15, -0.1) is 0 Å². The Morgan fingerprint density at radius 1 is 0.824 bits per heavy atom. The number of ether oxygens (including phenoxy) is 2. The van der Waals surface area contributed by atoms with Gasteiger partial charge in [0.15, 0.2) is 5.75 Å². The van der Waals surface area contributed by atoms with Gasteiger partial charge in [0.1, 0.15) is 16.8 Å². The largest absolute Gasteiger partial charge is 0.490 e. The predicted octanol–water partition coefficient (Wildman–Crippen LogP) is 9.81. The zero-order valence-electron chi connectivity index (χ0n) is 20.2. The Morgan fingerprint density at radius 3 is 2.12 bits per heavy atom. The lowest BCUT2D eigenvalue weighted by atomic mass is 10.1. The topological polar surface area (TPSA) is 39.7 Å². The highest BCUT2D eigenvalue weighted by molar-refractivity contribution is 6.55. The van der Waals surface area contributed by atoms with Gasteiger partial charge in [0.05, 0.1) is 23.3 Å².